The second-order valence-corrected chi connectivity index (χ2v) is 2.35. The molecule has 0 aliphatic carbocycles. The third-order valence-electron chi connectivity index (χ3n) is 1.17. The van der Waals surface area contributed by atoms with Crippen LogP contribution < -0.4 is 11.8 Å². The molecule has 0 amide bonds. The summed E-state index contributed by atoms with van der Waals surface area (Å²) in [4.78, 5) is 28.6. The Labute approximate surface area is 68.1 Å². The van der Waals surface area contributed by atoms with Gasteiger partial charge in [0.25, 0.3) is 0 Å². The zero-order valence-electron chi connectivity index (χ0n) is 6.44. The minimum atomic E-state index is -2.01. The summed E-state index contributed by atoms with van der Waals surface area (Å²) in [6.45, 7) is 1.05. The molecule has 0 heterocycles. The van der Waals surface area contributed by atoms with Gasteiger partial charge in [0.1, 0.15) is 0 Å². The Balaban J connectivity index is 4.21. The Hall–Kier alpha value is -1.18. The Kier molecular flexibility index (Phi) is 3.61. The topological polar surface area (TPSA) is 125 Å². The molecular formula is C5H10N2O5. The molecule has 0 aliphatic heterocycles. The van der Waals surface area contributed by atoms with Gasteiger partial charge in [-0.05, 0) is 6.92 Å². The van der Waals surface area contributed by atoms with Crippen molar-refractivity contribution in [2.75, 3.05) is 0 Å². The normalized spacial score (nSPS) is 14.7. The van der Waals surface area contributed by atoms with Gasteiger partial charge in [0.05, 0.1) is 6.42 Å². The van der Waals surface area contributed by atoms with Crippen LogP contribution in [0.5, 0.6) is 0 Å². The first-order chi connectivity index (χ1) is 5.44. The van der Waals surface area contributed by atoms with E-state index in [2.05, 4.69) is 21.5 Å². The molecule has 0 radical (unpaired) electrons. The average molecular weight is 178 g/mol. The van der Waals surface area contributed by atoms with Crippen molar-refractivity contribution in [3.05, 3.63) is 0 Å². The molecule has 70 valence electrons. The summed E-state index contributed by atoms with van der Waals surface area (Å²) in [6, 6.07) is 0. The Morgan fingerprint density at radius 3 is 2.25 bits per heavy atom. The SMILES string of the molecule is CC(O)(CC(=O)ON)C(=O)ON. The van der Waals surface area contributed by atoms with E-state index in [1.54, 1.807) is 0 Å². The van der Waals surface area contributed by atoms with Gasteiger partial charge in [0.15, 0.2) is 5.60 Å². The third-order valence-corrected chi connectivity index (χ3v) is 1.17. The van der Waals surface area contributed by atoms with Gasteiger partial charge in [-0.2, -0.15) is 11.8 Å². The van der Waals surface area contributed by atoms with Crippen LogP contribution in [0, 0.1) is 0 Å². The summed E-state index contributed by atoms with van der Waals surface area (Å²) in [5, 5.41) is 9.17. The molecule has 7 heteroatoms. The van der Waals surface area contributed by atoms with Crippen LogP contribution in [0.15, 0.2) is 0 Å². The van der Waals surface area contributed by atoms with Gasteiger partial charge in [-0.15, -0.1) is 0 Å². The van der Waals surface area contributed by atoms with E-state index in [0.717, 1.165) is 6.92 Å². The Morgan fingerprint density at radius 1 is 1.42 bits per heavy atom. The van der Waals surface area contributed by atoms with Gasteiger partial charge in [-0.3, -0.25) is 4.79 Å². The van der Waals surface area contributed by atoms with Crippen molar-refractivity contribution in [1.29, 1.82) is 0 Å². The fourth-order valence-corrected chi connectivity index (χ4v) is 0.522. The molecule has 12 heavy (non-hydrogen) atoms. The Morgan fingerprint density at radius 2 is 1.92 bits per heavy atom. The van der Waals surface area contributed by atoms with Crippen LogP contribution in [0.4, 0.5) is 0 Å². The summed E-state index contributed by atoms with van der Waals surface area (Å²) < 4.78 is 0. The van der Waals surface area contributed by atoms with Crippen LogP contribution in [0.1, 0.15) is 13.3 Å². The Bertz CT molecular complexity index is 190. The summed E-state index contributed by atoms with van der Waals surface area (Å²) in [6.07, 6.45) is -0.612. The van der Waals surface area contributed by atoms with Crippen molar-refractivity contribution < 1.29 is 24.4 Å². The van der Waals surface area contributed by atoms with E-state index in [4.69, 9.17) is 0 Å². The lowest BCUT2D eigenvalue weighted by Gasteiger charge is -2.16. The van der Waals surface area contributed by atoms with Gasteiger partial charge >= 0.3 is 11.9 Å². The van der Waals surface area contributed by atoms with Crippen molar-refractivity contribution >= 4 is 11.9 Å². The fraction of sp³-hybridized carbons (Fsp3) is 0.600. The van der Waals surface area contributed by atoms with E-state index in [-0.39, 0.29) is 0 Å². The van der Waals surface area contributed by atoms with Crippen LogP contribution in [0.2, 0.25) is 0 Å². The van der Waals surface area contributed by atoms with Gasteiger partial charge in [0.2, 0.25) is 0 Å². The first-order valence-electron chi connectivity index (χ1n) is 2.97. The number of hydrogen-bond donors (Lipinski definition) is 3. The van der Waals surface area contributed by atoms with E-state index in [9.17, 15) is 14.7 Å². The number of rotatable bonds is 3. The molecule has 5 N–H and O–H groups in total. The second-order valence-electron chi connectivity index (χ2n) is 2.35. The smallest absolute Gasteiger partial charge is 0.356 e. The number of carbonyl (C=O) groups excluding carboxylic acids is 2. The quantitative estimate of drug-likeness (QED) is 0.425. The summed E-state index contributed by atoms with van der Waals surface area (Å²) in [5.74, 6) is 6.89. The van der Waals surface area contributed by atoms with Crippen LogP contribution in [-0.2, 0) is 19.3 Å². The first-order valence-corrected chi connectivity index (χ1v) is 2.97. The van der Waals surface area contributed by atoms with Gasteiger partial charge in [0, 0.05) is 0 Å². The molecule has 0 aromatic rings. The predicted octanol–water partition coefficient (Wildman–Crippen LogP) is -2.04. The summed E-state index contributed by atoms with van der Waals surface area (Å²) in [5.41, 5.74) is -2.01. The maximum Gasteiger partial charge on any atom is 0.356 e. The molecule has 0 rings (SSSR count). The number of nitrogens with two attached hydrogens (primary N) is 2. The van der Waals surface area contributed by atoms with Crippen LogP contribution in [0.25, 0.3) is 0 Å². The molecule has 0 saturated carbocycles. The lowest BCUT2D eigenvalue weighted by atomic mass is 10.0. The predicted molar refractivity (Wildman–Crippen MR) is 35.8 cm³/mol. The van der Waals surface area contributed by atoms with Crippen molar-refractivity contribution in [3.63, 3.8) is 0 Å². The largest absolute Gasteiger partial charge is 0.378 e. The maximum atomic E-state index is 10.6. The fourth-order valence-electron chi connectivity index (χ4n) is 0.522. The lowest BCUT2D eigenvalue weighted by Crippen LogP contribution is -2.41. The molecule has 0 aromatic heterocycles. The van der Waals surface area contributed by atoms with Gasteiger partial charge in [-0.25, -0.2) is 4.79 Å². The molecule has 0 spiro atoms. The highest BCUT2D eigenvalue weighted by Gasteiger charge is 2.35. The van der Waals surface area contributed by atoms with Gasteiger partial charge in [-0.1, -0.05) is 0 Å². The van der Waals surface area contributed by atoms with E-state index in [1.165, 1.54) is 0 Å². The molecular weight excluding hydrogens is 168 g/mol. The highest BCUT2D eigenvalue weighted by atomic mass is 16.7. The monoisotopic (exact) mass is 178 g/mol. The molecule has 0 saturated heterocycles. The summed E-state index contributed by atoms with van der Waals surface area (Å²) >= 11 is 0. The number of hydrogen-bond acceptors (Lipinski definition) is 7. The molecule has 0 fully saturated rings. The average Bonchev–Trinajstić information content (AvgIpc) is 2.02. The van der Waals surface area contributed by atoms with E-state index in [0.29, 0.717) is 0 Å². The molecule has 1 unspecified atom stereocenters. The third kappa shape index (κ3) is 2.82. The molecule has 0 bridgehead atoms. The highest BCUT2D eigenvalue weighted by molar-refractivity contribution is 5.84. The summed E-state index contributed by atoms with van der Waals surface area (Å²) in [7, 11) is 0. The minimum absolute atomic E-state index is 0.612. The van der Waals surface area contributed by atoms with Crippen LogP contribution in [-0.4, -0.2) is 22.6 Å². The first kappa shape index (κ1) is 10.8. The van der Waals surface area contributed by atoms with Crippen LogP contribution >= 0.6 is 0 Å². The van der Waals surface area contributed by atoms with Crippen LogP contribution in [0.3, 0.4) is 0 Å². The van der Waals surface area contributed by atoms with Crippen molar-refractivity contribution in [2.45, 2.75) is 18.9 Å². The molecule has 0 aliphatic rings. The number of aliphatic hydroxyl groups is 1. The highest BCUT2D eigenvalue weighted by Crippen LogP contribution is 2.10. The zero-order valence-corrected chi connectivity index (χ0v) is 6.44. The van der Waals surface area contributed by atoms with E-state index in [1.807, 2.05) is 0 Å². The van der Waals surface area contributed by atoms with Crippen molar-refractivity contribution in [2.24, 2.45) is 11.8 Å². The van der Waals surface area contributed by atoms with E-state index >= 15 is 0 Å². The lowest BCUT2D eigenvalue weighted by molar-refractivity contribution is -0.171. The maximum absolute atomic E-state index is 10.6. The molecule has 0 aromatic carbocycles. The van der Waals surface area contributed by atoms with Gasteiger partial charge < -0.3 is 14.8 Å². The molecule has 7 nitrogen and oxygen atoms in total. The van der Waals surface area contributed by atoms with Crippen molar-refractivity contribution in [3.8, 4) is 0 Å². The standard InChI is InChI=1S/C5H10N2O5/c1-5(10,4(9)12-7)2-3(8)11-6/h10H,2,6-7H2,1H3. The number of carbonyl (C=O) groups is 2. The molecule has 1 atom stereocenters. The van der Waals surface area contributed by atoms with E-state index < -0.39 is 24.0 Å². The zero-order chi connectivity index (χ0) is 9.78. The minimum Gasteiger partial charge on any atom is -0.378 e. The second kappa shape index (κ2) is 4.00. The van der Waals surface area contributed by atoms with Crippen molar-refractivity contribution in [1.82, 2.24) is 0 Å².